The normalized spacial score (nSPS) is 40.3. The maximum atomic E-state index is 12.5. The molecule has 1 aliphatic heterocycles. The van der Waals surface area contributed by atoms with Gasteiger partial charge in [-0.3, -0.25) is 9.59 Å². The topological polar surface area (TPSA) is 49.4 Å². The molecule has 1 heterocycles. The van der Waals surface area contributed by atoms with Crippen LogP contribution in [0, 0.1) is 34.5 Å². The van der Waals surface area contributed by atoms with Gasteiger partial charge in [-0.25, -0.2) is 0 Å². The van der Waals surface area contributed by atoms with Gasteiger partial charge >= 0.3 is 0 Å². The molecule has 0 unspecified atom stereocenters. The molecule has 1 saturated heterocycles. The van der Waals surface area contributed by atoms with E-state index in [4.69, 9.17) is 0 Å². The number of nitrogens with zero attached hydrogens (tertiary/aromatic N) is 1. The van der Waals surface area contributed by atoms with Crippen LogP contribution in [0.15, 0.2) is 36.4 Å². The van der Waals surface area contributed by atoms with E-state index in [0.717, 1.165) is 49.1 Å². The third-order valence-corrected chi connectivity index (χ3v) is 10.5. The van der Waals surface area contributed by atoms with E-state index in [1.807, 2.05) is 43.5 Å². The van der Waals surface area contributed by atoms with E-state index in [1.165, 1.54) is 32.1 Å². The maximum absolute atomic E-state index is 12.5. The summed E-state index contributed by atoms with van der Waals surface area (Å²) in [5.41, 5.74) is 1.66. The highest BCUT2D eigenvalue weighted by Gasteiger charge is 2.60. The van der Waals surface area contributed by atoms with Crippen LogP contribution >= 0.6 is 0 Å². The number of fused-ring (bicyclic) bond motifs is 5. The molecule has 0 spiro atoms. The number of carbonyl (C=O) groups is 2. The summed E-state index contributed by atoms with van der Waals surface area (Å²) in [5, 5.41) is 3.22. The van der Waals surface area contributed by atoms with Gasteiger partial charge in [0.25, 0.3) is 0 Å². The summed E-state index contributed by atoms with van der Waals surface area (Å²) in [4.78, 5) is 26.9. The Bertz CT molecular complexity index is 927. The second-order valence-corrected chi connectivity index (χ2v) is 11.8. The predicted octanol–water partition coefficient (Wildman–Crippen LogP) is 5.30. The van der Waals surface area contributed by atoms with Crippen molar-refractivity contribution < 1.29 is 9.59 Å². The lowest BCUT2D eigenvalue weighted by molar-refractivity contribution is -0.158. The van der Waals surface area contributed by atoms with Gasteiger partial charge in [0.05, 0.1) is 0 Å². The second kappa shape index (κ2) is 8.60. The number of carbonyl (C=O) groups excluding carboxylic acids is 2. The van der Waals surface area contributed by atoms with Gasteiger partial charge in [-0.1, -0.05) is 44.2 Å². The molecule has 3 aliphatic carbocycles. The molecular formula is C29H40N2O2. The Morgan fingerprint density at radius 3 is 2.58 bits per heavy atom. The van der Waals surface area contributed by atoms with Crippen molar-refractivity contribution in [1.29, 1.82) is 0 Å². The van der Waals surface area contributed by atoms with Crippen LogP contribution in [0.25, 0.3) is 6.08 Å². The highest BCUT2D eigenvalue weighted by Crippen LogP contribution is 2.66. The van der Waals surface area contributed by atoms with Gasteiger partial charge in [0.1, 0.15) is 0 Å². The van der Waals surface area contributed by atoms with Crippen LogP contribution in [0.1, 0.15) is 70.8 Å². The van der Waals surface area contributed by atoms with Crippen LogP contribution in [-0.4, -0.2) is 36.3 Å². The van der Waals surface area contributed by atoms with Crippen LogP contribution in [0.5, 0.6) is 0 Å². The highest BCUT2D eigenvalue weighted by molar-refractivity contribution is 5.91. The molecule has 5 rings (SSSR count). The SMILES string of the molecule is CN1C(=O)CC[C@]2(C)[C@H]3CC[C@]4(C)[C@@H](CNC(=O)C=Cc5ccccc5)CC[C@H]4[C@@H]3CC[C@@H]12. The molecule has 1 N–H and O–H groups in total. The first kappa shape index (κ1) is 22.7. The molecule has 3 saturated carbocycles. The fraction of sp³-hybridized carbons (Fsp3) is 0.655. The zero-order valence-corrected chi connectivity index (χ0v) is 20.6. The number of hydrogen-bond acceptors (Lipinski definition) is 2. The van der Waals surface area contributed by atoms with Crippen molar-refractivity contribution >= 4 is 17.9 Å². The van der Waals surface area contributed by atoms with E-state index in [-0.39, 0.29) is 11.3 Å². The smallest absolute Gasteiger partial charge is 0.244 e. The molecule has 4 heteroatoms. The summed E-state index contributed by atoms with van der Waals surface area (Å²) in [7, 11) is 2.04. The van der Waals surface area contributed by atoms with Crippen LogP contribution in [0.4, 0.5) is 0 Å². The number of rotatable bonds is 4. The van der Waals surface area contributed by atoms with Crippen LogP contribution in [-0.2, 0) is 9.59 Å². The molecule has 7 atom stereocenters. The highest BCUT2D eigenvalue weighted by atomic mass is 16.2. The second-order valence-electron chi connectivity index (χ2n) is 11.8. The standard InChI is InChI=1S/C29H40N2O2/c1-28-17-15-24-22(11-13-25-29(24,2)18-16-27(33)31(25)3)23(28)12-10-21(28)19-30-26(32)14-9-20-7-5-4-6-8-20/h4-9,14,21-25H,10-13,15-19H2,1-3H3,(H,30,32)/t21-,22+,23+,24+,25-,28-,29-/m1/s1. The molecule has 33 heavy (non-hydrogen) atoms. The molecule has 1 aromatic rings. The molecule has 4 nitrogen and oxygen atoms in total. The number of nitrogens with one attached hydrogen (secondary N) is 1. The summed E-state index contributed by atoms with van der Waals surface area (Å²) in [6, 6.07) is 10.4. The predicted molar refractivity (Wildman–Crippen MR) is 132 cm³/mol. The van der Waals surface area contributed by atoms with Gasteiger partial charge in [0.2, 0.25) is 11.8 Å². The average Bonchev–Trinajstić information content (AvgIpc) is 3.16. The molecule has 1 aromatic carbocycles. The molecule has 0 bridgehead atoms. The molecule has 0 aromatic heterocycles. The minimum absolute atomic E-state index is 0.0162. The quantitative estimate of drug-likeness (QED) is 0.636. The van der Waals surface area contributed by atoms with Crippen molar-refractivity contribution in [2.24, 2.45) is 34.5 Å². The van der Waals surface area contributed by atoms with E-state index >= 15 is 0 Å². The van der Waals surface area contributed by atoms with E-state index in [1.54, 1.807) is 6.08 Å². The zero-order chi connectivity index (χ0) is 23.2. The summed E-state index contributed by atoms with van der Waals surface area (Å²) < 4.78 is 0. The minimum Gasteiger partial charge on any atom is -0.352 e. The zero-order valence-electron chi connectivity index (χ0n) is 20.6. The Hall–Kier alpha value is -2.10. The molecule has 4 fully saturated rings. The number of amides is 2. The van der Waals surface area contributed by atoms with Gasteiger partial charge in [0, 0.05) is 32.1 Å². The lowest BCUT2D eigenvalue weighted by Gasteiger charge is -2.61. The number of likely N-dealkylation sites (tertiary alicyclic amines) is 1. The Kier molecular flexibility index (Phi) is 5.91. The first-order chi connectivity index (χ1) is 15.8. The Morgan fingerprint density at radius 2 is 1.79 bits per heavy atom. The summed E-state index contributed by atoms with van der Waals surface area (Å²) >= 11 is 0. The van der Waals surface area contributed by atoms with Crippen molar-refractivity contribution in [3.8, 4) is 0 Å². The number of piperidine rings is 1. The van der Waals surface area contributed by atoms with Crippen LogP contribution in [0.3, 0.4) is 0 Å². The summed E-state index contributed by atoms with van der Waals surface area (Å²) in [6.07, 6.45) is 12.9. The Labute approximate surface area is 199 Å². The Balaban J connectivity index is 1.24. The van der Waals surface area contributed by atoms with E-state index in [9.17, 15) is 9.59 Å². The van der Waals surface area contributed by atoms with Gasteiger partial charge < -0.3 is 10.2 Å². The number of hydrogen-bond donors (Lipinski definition) is 1. The Morgan fingerprint density at radius 1 is 1.03 bits per heavy atom. The molecule has 178 valence electrons. The molecule has 0 radical (unpaired) electrons. The maximum Gasteiger partial charge on any atom is 0.244 e. The van der Waals surface area contributed by atoms with E-state index < -0.39 is 0 Å². The average molecular weight is 449 g/mol. The van der Waals surface area contributed by atoms with Crippen LogP contribution < -0.4 is 5.32 Å². The van der Waals surface area contributed by atoms with Gasteiger partial charge in [-0.2, -0.15) is 0 Å². The van der Waals surface area contributed by atoms with Crippen molar-refractivity contribution in [3.63, 3.8) is 0 Å². The first-order valence-electron chi connectivity index (χ1n) is 13.1. The number of benzene rings is 1. The fourth-order valence-electron chi connectivity index (χ4n) is 8.61. The monoisotopic (exact) mass is 448 g/mol. The summed E-state index contributed by atoms with van der Waals surface area (Å²) in [5.74, 6) is 3.21. The first-order valence-corrected chi connectivity index (χ1v) is 13.1. The third kappa shape index (κ3) is 3.84. The lowest BCUT2D eigenvalue weighted by atomic mass is 9.47. The van der Waals surface area contributed by atoms with Crippen LogP contribution in [0.2, 0.25) is 0 Å². The van der Waals surface area contributed by atoms with Gasteiger partial charge in [-0.15, -0.1) is 0 Å². The largest absolute Gasteiger partial charge is 0.352 e. The molecule has 4 aliphatic rings. The fourth-order valence-corrected chi connectivity index (χ4v) is 8.61. The minimum atomic E-state index is 0.0162. The lowest BCUT2D eigenvalue weighted by Crippen LogP contribution is -2.61. The molecule has 2 amide bonds. The summed E-state index contributed by atoms with van der Waals surface area (Å²) in [6.45, 7) is 5.80. The van der Waals surface area contributed by atoms with E-state index in [2.05, 4.69) is 24.1 Å². The molecular weight excluding hydrogens is 408 g/mol. The van der Waals surface area contributed by atoms with Crippen molar-refractivity contribution in [2.45, 2.75) is 71.3 Å². The van der Waals surface area contributed by atoms with Gasteiger partial charge in [-0.05, 0) is 91.1 Å². The van der Waals surface area contributed by atoms with Crippen molar-refractivity contribution in [1.82, 2.24) is 10.2 Å². The van der Waals surface area contributed by atoms with Gasteiger partial charge in [0.15, 0.2) is 0 Å². The third-order valence-electron chi connectivity index (χ3n) is 10.5. The van der Waals surface area contributed by atoms with Crippen molar-refractivity contribution in [3.05, 3.63) is 42.0 Å². The van der Waals surface area contributed by atoms with Crippen molar-refractivity contribution in [2.75, 3.05) is 13.6 Å². The van der Waals surface area contributed by atoms with E-state index in [0.29, 0.717) is 23.3 Å².